The van der Waals surface area contributed by atoms with E-state index in [0.29, 0.717) is 10.9 Å². The van der Waals surface area contributed by atoms with E-state index >= 15 is 0 Å². The molecule has 9 heteroatoms. The topological polar surface area (TPSA) is 94.3 Å². The molecule has 7 nitrogen and oxygen atoms in total. The minimum absolute atomic E-state index is 0.0998. The fourth-order valence-corrected chi connectivity index (χ4v) is 3.38. The van der Waals surface area contributed by atoms with Crippen molar-refractivity contribution in [2.45, 2.75) is 0 Å². The van der Waals surface area contributed by atoms with Crippen molar-refractivity contribution in [2.75, 3.05) is 11.9 Å². The van der Waals surface area contributed by atoms with Gasteiger partial charge in [-0.2, -0.15) is 0 Å². The molecule has 2 aromatic carbocycles. The van der Waals surface area contributed by atoms with Gasteiger partial charge in [0.05, 0.1) is 0 Å². The fraction of sp³-hybridized carbons (Fsp3) is 0.0526. The number of rotatable bonds is 5. The number of esters is 1. The van der Waals surface area contributed by atoms with Crippen molar-refractivity contribution in [1.29, 1.82) is 0 Å². The van der Waals surface area contributed by atoms with Crippen molar-refractivity contribution in [3.63, 3.8) is 0 Å². The van der Waals surface area contributed by atoms with E-state index in [2.05, 4.69) is 15.5 Å². The lowest BCUT2D eigenvalue weighted by Gasteiger charge is -2.02. The maximum Gasteiger partial charge on any atom is 0.348 e. The third-order valence-corrected chi connectivity index (χ3v) is 4.80. The van der Waals surface area contributed by atoms with Crippen LogP contribution in [0.2, 0.25) is 0 Å². The lowest BCUT2D eigenvalue weighted by molar-refractivity contribution is -0.119. The second-order valence-electron chi connectivity index (χ2n) is 5.70. The predicted molar refractivity (Wildman–Crippen MR) is 100 cm³/mol. The van der Waals surface area contributed by atoms with Crippen LogP contribution in [0.25, 0.3) is 21.5 Å². The highest BCUT2D eigenvalue weighted by molar-refractivity contribution is 7.20. The van der Waals surface area contributed by atoms with Gasteiger partial charge >= 0.3 is 12.0 Å². The summed E-state index contributed by atoms with van der Waals surface area (Å²) in [6.45, 7) is -0.523. The van der Waals surface area contributed by atoms with Gasteiger partial charge in [0.15, 0.2) is 6.61 Å². The van der Waals surface area contributed by atoms with Gasteiger partial charge in [-0.1, -0.05) is 23.3 Å². The molecule has 0 atom stereocenters. The monoisotopic (exact) mass is 397 g/mol. The fourth-order valence-electron chi connectivity index (χ4n) is 2.44. The number of hydrogen-bond donors (Lipinski definition) is 1. The third kappa shape index (κ3) is 3.89. The van der Waals surface area contributed by atoms with Crippen LogP contribution in [0.4, 0.5) is 10.4 Å². The Kier molecular flexibility index (Phi) is 4.81. The second-order valence-corrected chi connectivity index (χ2v) is 6.78. The summed E-state index contributed by atoms with van der Waals surface area (Å²) in [6, 6.07) is 14.7. The summed E-state index contributed by atoms with van der Waals surface area (Å²) in [7, 11) is 0. The smallest absolute Gasteiger partial charge is 0.348 e. The van der Waals surface area contributed by atoms with Gasteiger partial charge in [0.25, 0.3) is 5.91 Å². The number of fused-ring (bicyclic) bond motifs is 1. The number of carbonyl (C=O) groups excluding carboxylic acids is 2. The standard InChI is InChI=1S/C19H12FN3O4S/c20-13-6-7-14-12(8-13)9-15(28-14)18(25)26-10-16(24)21-19-23-22-17(27-19)11-4-2-1-3-5-11/h1-9H,10H2,(H,21,23,24). The molecule has 2 heterocycles. The highest BCUT2D eigenvalue weighted by atomic mass is 32.1. The van der Waals surface area contributed by atoms with Gasteiger partial charge in [0.2, 0.25) is 5.89 Å². The van der Waals surface area contributed by atoms with Gasteiger partial charge < -0.3 is 9.15 Å². The van der Waals surface area contributed by atoms with E-state index in [1.807, 2.05) is 18.2 Å². The van der Waals surface area contributed by atoms with E-state index in [-0.39, 0.29) is 22.6 Å². The third-order valence-electron chi connectivity index (χ3n) is 3.71. The maximum absolute atomic E-state index is 13.2. The number of carbonyl (C=O) groups is 2. The highest BCUT2D eigenvalue weighted by Gasteiger charge is 2.16. The summed E-state index contributed by atoms with van der Waals surface area (Å²) in [4.78, 5) is 24.3. The lowest BCUT2D eigenvalue weighted by atomic mass is 10.2. The molecule has 0 fully saturated rings. The zero-order valence-electron chi connectivity index (χ0n) is 14.2. The number of ether oxygens (including phenoxy) is 1. The van der Waals surface area contributed by atoms with Gasteiger partial charge in [0, 0.05) is 10.3 Å². The first-order valence-electron chi connectivity index (χ1n) is 8.13. The van der Waals surface area contributed by atoms with E-state index in [0.717, 1.165) is 16.0 Å². The average Bonchev–Trinajstić information content (AvgIpc) is 3.33. The number of nitrogens with zero attached hydrogens (tertiary/aromatic N) is 2. The second kappa shape index (κ2) is 7.57. The minimum atomic E-state index is -0.674. The molecular weight excluding hydrogens is 385 g/mol. The molecule has 4 rings (SSSR count). The normalized spacial score (nSPS) is 10.8. The molecule has 0 radical (unpaired) electrons. The largest absolute Gasteiger partial charge is 0.451 e. The molecule has 0 unspecified atom stereocenters. The molecule has 2 aromatic heterocycles. The van der Waals surface area contributed by atoms with E-state index in [4.69, 9.17) is 9.15 Å². The minimum Gasteiger partial charge on any atom is -0.451 e. The molecule has 0 aliphatic heterocycles. The Morgan fingerprint density at radius 2 is 1.93 bits per heavy atom. The Balaban J connectivity index is 1.35. The Bertz CT molecular complexity index is 1160. The predicted octanol–water partition coefficient (Wildman–Crippen LogP) is 3.89. The van der Waals surface area contributed by atoms with E-state index in [1.54, 1.807) is 18.2 Å². The van der Waals surface area contributed by atoms with Crippen LogP contribution in [0, 0.1) is 5.82 Å². The molecule has 0 bridgehead atoms. The van der Waals surface area contributed by atoms with Crippen molar-refractivity contribution in [3.05, 3.63) is 65.3 Å². The Labute approximate surface area is 161 Å². The van der Waals surface area contributed by atoms with Crippen LogP contribution >= 0.6 is 11.3 Å². The summed E-state index contributed by atoms with van der Waals surface area (Å²) in [6.07, 6.45) is 0. The van der Waals surface area contributed by atoms with Gasteiger partial charge in [-0.15, -0.1) is 16.4 Å². The van der Waals surface area contributed by atoms with Crippen molar-refractivity contribution in [2.24, 2.45) is 0 Å². The number of thiophene rings is 1. The molecule has 0 aliphatic carbocycles. The summed E-state index contributed by atoms with van der Waals surface area (Å²) in [5, 5.41) is 10.5. The van der Waals surface area contributed by atoms with E-state index in [1.165, 1.54) is 18.2 Å². The number of hydrogen-bond acceptors (Lipinski definition) is 7. The Hall–Kier alpha value is -3.59. The summed E-state index contributed by atoms with van der Waals surface area (Å²) in [5.41, 5.74) is 0.711. The molecule has 0 aliphatic rings. The average molecular weight is 397 g/mol. The first-order chi connectivity index (χ1) is 13.6. The Morgan fingerprint density at radius 1 is 1.11 bits per heavy atom. The number of nitrogens with one attached hydrogen (secondary N) is 1. The number of halogens is 1. The van der Waals surface area contributed by atoms with Crippen LogP contribution in [0.1, 0.15) is 9.67 Å². The molecule has 1 amide bonds. The van der Waals surface area contributed by atoms with Gasteiger partial charge in [-0.3, -0.25) is 10.1 Å². The lowest BCUT2D eigenvalue weighted by Crippen LogP contribution is -2.20. The van der Waals surface area contributed by atoms with Crippen LogP contribution in [-0.2, 0) is 9.53 Å². The number of benzene rings is 2. The molecule has 0 saturated carbocycles. The zero-order valence-corrected chi connectivity index (χ0v) is 15.0. The number of amides is 1. The van der Waals surface area contributed by atoms with Gasteiger partial charge in [-0.05, 0) is 41.8 Å². The van der Waals surface area contributed by atoms with Crippen LogP contribution in [0.15, 0.2) is 59.0 Å². The first-order valence-corrected chi connectivity index (χ1v) is 8.95. The molecule has 4 aromatic rings. The molecule has 0 saturated heterocycles. The molecule has 1 N–H and O–H groups in total. The maximum atomic E-state index is 13.2. The van der Waals surface area contributed by atoms with Crippen LogP contribution in [-0.4, -0.2) is 28.7 Å². The van der Waals surface area contributed by atoms with E-state index in [9.17, 15) is 14.0 Å². The highest BCUT2D eigenvalue weighted by Crippen LogP contribution is 2.26. The first kappa shape index (κ1) is 17.8. The van der Waals surface area contributed by atoms with Gasteiger partial charge in [-0.25, -0.2) is 9.18 Å². The molecular formula is C19H12FN3O4S. The summed E-state index contributed by atoms with van der Waals surface area (Å²) in [5.74, 6) is -1.43. The van der Waals surface area contributed by atoms with Crippen molar-refractivity contribution in [1.82, 2.24) is 10.2 Å². The van der Waals surface area contributed by atoms with Crippen LogP contribution < -0.4 is 5.32 Å². The summed E-state index contributed by atoms with van der Waals surface area (Å²) < 4.78 is 24.3. The van der Waals surface area contributed by atoms with Crippen molar-refractivity contribution < 1.29 is 23.1 Å². The molecule has 28 heavy (non-hydrogen) atoms. The zero-order chi connectivity index (χ0) is 19.5. The summed E-state index contributed by atoms with van der Waals surface area (Å²) >= 11 is 1.16. The van der Waals surface area contributed by atoms with Crippen LogP contribution in [0.5, 0.6) is 0 Å². The molecule has 0 spiro atoms. The van der Waals surface area contributed by atoms with Crippen molar-refractivity contribution in [3.8, 4) is 11.5 Å². The molecule has 140 valence electrons. The van der Waals surface area contributed by atoms with Crippen LogP contribution in [0.3, 0.4) is 0 Å². The Morgan fingerprint density at radius 3 is 2.75 bits per heavy atom. The van der Waals surface area contributed by atoms with E-state index < -0.39 is 18.5 Å². The number of aromatic nitrogens is 2. The van der Waals surface area contributed by atoms with Crippen molar-refractivity contribution >= 4 is 39.3 Å². The quantitative estimate of drug-likeness (QED) is 0.514. The SMILES string of the molecule is O=C(COC(=O)c1cc2cc(F)ccc2s1)Nc1nnc(-c2ccccc2)o1. The number of anilines is 1. The van der Waals surface area contributed by atoms with Gasteiger partial charge in [0.1, 0.15) is 10.7 Å².